The molecule has 2 rings (SSSR count). The quantitative estimate of drug-likeness (QED) is 0.728. The molecular formula is C11H13N2O. The summed E-state index contributed by atoms with van der Waals surface area (Å²) < 4.78 is 0. The fourth-order valence-electron chi connectivity index (χ4n) is 1.64. The molecule has 1 aromatic carbocycles. The summed E-state index contributed by atoms with van der Waals surface area (Å²) in [5.74, 6) is -0.0304. The van der Waals surface area contributed by atoms with Gasteiger partial charge in [-0.1, -0.05) is 30.3 Å². The first-order valence-electron chi connectivity index (χ1n) is 4.83. The molecule has 1 N–H and O–H groups in total. The summed E-state index contributed by atoms with van der Waals surface area (Å²) in [4.78, 5) is 11.0. The molecule has 0 aromatic heterocycles. The van der Waals surface area contributed by atoms with E-state index in [1.54, 1.807) is 0 Å². The van der Waals surface area contributed by atoms with Crippen molar-refractivity contribution in [1.29, 1.82) is 0 Å². The highest BCUT2D eigenvalue weighted by molar-refractivity contribution is 5.78. The number of carbonyl (C=O) groups is 1. The number of nitrogens with zero attached hydrogens (tertiary/aromatic N) is 1. The fraction of sp³-hybridized carbons (Fsp3) is 0.364. The van der Waals surface area contributed by atoms with Crippen molar-refractivity contribution >= 4 is 5.91 Å². The monoisotopic (exact) mass is 189 g/mol. The number of rotatable bonds is 2. The van der Waals surface area contributed by atoms with E-state index in [1.807, 2.05) is 18.2 Å². The molecule has 1 unspecified atom stereocenters. The average molecular weight is 189 g/mol. The van der Waals surface area contributed by atoms with E-state index in [0.717, 1.165) is 13.0 Å². The molecule has 1 amide bonds. The number of benzene rings is 1. The maximum absolute atomic E-state index is 11.0. The molecule has 73 valence electrons. The van der Waals surface area contributed by atoms with Gasteiger partial charge in [0.15, 0.2) is 0 Å². The largest absolute Gasteiger partial charge is 0.306 e. The highest BCUT2D eigenvalue weighted by atomic mass is 16.2. The summed E-state index contributed by atoms with van der Waals surface area (Å²) >= 11 is 0. The highest BCUT2D eigenvalue weighted by Crippen LogP contribution is 2.04. The third-order valence-electron chi connectivity index (χ3n) is 2.30. The second kappa shape index (κ2) is 4.24. The molecule has 1 aromatic rings. The standard InChI is InChI=1S/C11H13N2O/c14-11-8-12-7-10(13-11)6-9-4-2-1-3-5-9/h1-5,10,12H,6-8H2. The predicted molar refractivity (Wildman–Crippen MR) is 53.9 cm³/mol. The van der Waals surface area contributed by atoms with Crippen LogP contribution in [0.2, 0.25) is 0 Å². The van der Waals surface area contributed by atoms with Gasteiger partial charge in [-0.2, -0.15) is 0 Å². The van der Waals surface area contributed by atoms with Gasteiger partial charge in [0.1, 0.15) is 0 Å². The Labute approximate surface area is 83.5 Å². The minimum Gasteiger partial charge on any atom is -0.306 e. The summed E-state index contributed by atoms with van der Waals surface area (Å²) in [5.41, 5.74) is 1.23. The van der Waals surface area contributed by atoms with E-state index in [1.165, 1.54) is 5.56 Å². The summed E-state index contributed by atoms with van der Waals surface area (Å²) in [6.45, 7) is 1.20. The van der Waals surface area contributed by atoms with Crippen LogP contribution in [0.4, 0.5) is 0 Å². The van der Waals surface area contributed by atoms with Crippen molar-refractivity contribution in [2.75, 3.05) is 13.1 Å². The Morgan fingerprint density at radius 3 is 2.86 bits per heavy atom. The van der Waals surface area contributed by atoms with Gasteiger partial charge in [0.2, 0.25) is 0 Å². The number of piperazine rings is 1. The molecule has 1 fully saturated rings. The van der Waals surface area contributed by atoms with Crippen LogP contribution in [0.25, 0.3) is 0 Å². The van der Waals surface area contributed by atoms with Gasteiger partial charge < -0.3 is 5.32 Å². The van der Waals surface area contributed by atoms with Gasteiger partial charge in [0.25, 0.3) is 5.91 Å². The lowest BCUT2D eigenvalue weighted by Crippen LogP contribution is -2.48. The van der Waals surface area contributed by atoms with Crippen LogP contribution in [0.1, 0.15) is 5.56 Å². The van der Waals surface area contributed by atoms with E-state index in [9.17, 15) is 4.79 Å². The lowest BCUT2D eigenvalue weighted by Gasteiger charge is -2.21. The number of amides is 1. The zero-order valence-electron chi connectivity index (χ0n) is 7.94. The van der Waals surface area contributed by atoms with Gasteiger partial charge in [-0.3, -0.25) is 4.79 Å². The molecule has 1 saturated heterocycles. The van der Waals surface area contributed by atoms with Crippen molar-refractivity contribution in [2.24, 2.45) is 0 Å². The van der Waals surface area contributed by atoms with Gasteiger partial charge in [0.05, 0.1) is 12.6 Å². The Hall–Kier alpha value is -1.35. The lowest BCUT2D eigenvalue weighted by atomic mass is 10.0. The minimum absolute atomic E-state index is 0.0304. The molecule has 1 atom stereocenters. The number of hydrogen-bond donors (Lipinski definition) is 1. The van der Waals surface area contributed by atoms with Gasteiger partial charge in [-0.15, -0.1) is 0 Å². The maximum atomic E-state index is 11.0. The van der Waals surface area contributed by atoms with Crippen molar-refractivity contribution in [1.82, 2.24) is 10.6 Å². The van der Waals surface area contributed by atoms with E-state index < -0.39 is 0 Å². The van der Waals surface area contributed by atoms with Crippen LogP contribution in [0.15, 0.2) is 30.3 Å². The Balaban J connectivity index is 1.94. The zero-order valence-corrected chi connectivity index (χ0v) is 7.94. The van der Waals surface area contributed by atoms with E-state index in [2.05, 4.69) is 22.8 Å². The van der Waals surface area contributed by atoms with Crippen LogP contribution in [0, 0.1) is 0 Å². The molecule has 0 bridgehead atoms. The molecule has 0 aliphatic carbocycles. The first kappa shape index (κ1) is 9.21. The molecule has 0 spiro atoms. The normalized spacial score (nSPS) is 21.7. The van der Waals surface area contributed by atoms with Crippen LogP contribution in [0.5, 0.6) is 0 Å². The molecular weight excluding hydrogens is 176 g/mol. The van der Waals surface area contributed by atoms with Gasteiger partial charge in [-0.05, 0) is 12.0 Å². The molecule has 3 nitrogen and oxygen atoms in total. The molecule has 1 heterocycles. The van der Waals surface area contributed by atoms with E-state index >= 15 is 0 Å². The summed E-state index contributed by atoms with van der Waals surface area (Å²) in [6.07, 6.45) is 0.847. The summed E-state index contributed by atoms with van der Waals surface area (Å²) in [5, 5.41) is 7.14. The highest BCUT2D eigenvalue weighted by Gasteiger charge is 2.19. The Morgan fingerprint density at radius 1 is 1.36 bits per heavy atom. The second-order valence-corrected chi connectivity index (χ2v) is 3.50. The Bertz CT molecular complexity index is 310. The molecule has 0 saturated carbocycles. The topological polar surface area (TPSA) is 43.2 Å². The number of nitrogens with one attached hydrogen (secondary N) is 1. The maximum Gasteiger partial charge on any atom is 0.255 e. The van der Waals surface area contributed by atoms with Crippen molar-refractivity contribution in [2.45, 2.75) is 12.5 Å². The van der Waals surface area contributed by atoms with Crippen molar-refractivity contribution in [3.8, 4) is 0 Å². The van der Waals surface area contributed by atoms with Crippen LogP contribution in [0.3, 0.4) is 0 Å². The first-order chi connectivity index (χ1) is 6.84. The third kappa shape index (κ3) is 2.33. The van der Waals surface area contributed by atoms with Gasteiger partial charge in [-0.25, -0.2) is 5.32 Å². The number of carbonyl (C=O) groups excluding carboxylic acids is 1. The van der Waals surface area contributed by atoms with Gasteiger partial charge in [0, 0.05) is 6.54 Å². The molecule has 1 aliphatic rings. The van der Waals surface area contributed by atoms with E-state index in [0.29, 0.717) is 6.54 Å². The third-order valence-corrected chi connectivity index (χ3v) is 2.30. The smallest absolute Gasteiger partial charge is 0.255 e. The van der Waals surface area contributed by atoms with Crippen molar-refractivity contribution in [3.05, 3.63) is 35.9 Å². The lowest BCUT2D eigenvalue weighted by molar-refractivity contribution is -0.122. The van der Waals surface area contributed by atoms with Crippen LogP contribution >= 0.6 is 0 Å². The van der Waals surface area contributed by atoms with E-state index in [-0.39, 0.29) is 11.9 Å². The van der Waals surface area contributed by atoms with Crippen LogP contribution in [-0.2, 0) is 11.2 Å². The molecule has 1 aliphatic heterocycles. The SMILES string of the molecule is O=C1CNCC(Cc2ccccc2)[N]1. The van der Waals surface area contributed by atoms with Crippen LogP contribution in [-0.4, -0.2) is 25.0 Å². The molecule has 1 radical (unpaired) electrons. The number of hydrogen-bond acceptors (Lipinski definition) is 2. The van der Waals surface area contributed by atoms with Gasteiger partial charge >= 0.3 is 0 Å². The Kier molecular flexibility index (Phi) is 2.79. The first-order valence-corrected chi connectivity index (χ1v) is 4.83. The predicted octanol–water partition coefficient (Wildman–Crippen LogP) is 0.332. The summed E-state index contributed by atoms with van der Waals surface area (Å²) in [7, 11) is 0. The minimum atomic E-state index is -0.0304. The summed E-state index contributed by atoms with van der Waals surface area (Å²) in [6, 6.07) is 10.2. The molecule has 3 heteroatoms. The van der Waals surface area contributed by atoms with Crippen molar-refractivity contribution in [3.63, 3.8) is 0 Å². The van der Waals surface area contributed by atoms with E-state index in [4.69, 9.17) is 0 Å². The fourth-order valence-corrected chi connectivity index (χ4v) is 1.64. The Morgan fingerprint density at radius 2 is 2.14 bits per heavy atom. The zero-order chi connectivity index (χ0) is 9.80. The second-order valence-electron chi connectivity index (χ2n) is 3.50. The average Bonchev–Trinajstić information content (AvgIpc) is 2.19. The van der Waals surface area contributed by atoms with Crippen molar-refractivity contribution < 1.29 is 4.79 Å². The van der Waals surface area contributed by atoms with Crippen LogP contribution < -0.4 is 10.6 Å². The molecule has 14 heavy (non-hydrogen) atoms.